The van der Waals surface area contributed by atoms with Crippen molar-refractivity contribution in [2.45, 2.75) is 6.18 Å². The molecule has 3 aromatic heterocycles. The molecule has 8 aromatic carbocycles. The molecule has 0 radical (unpaired) electrons. The van der Waals surface area contributed by atoms with Crippen LogP contribution in [0.1, 0.15) is 16.7 Å². The van der Waals surface area contributed by atoms with Crippen molar-refractivity contribution >= 4 is 43.6 Å². The summed E-state index contributed by atoms with van der Waals surface area (Å²) in [4.78, 5) is 5.27. The zero-order chi connectivity index (χ0) is 43.5. The lowest BCUT2D eigenvalue weighted by molar-refractivity contribution is -0.137. The van der Waals surface area contributed by atoms with Crippen LogP contribution < -0.4 is 0 Å². The fourth-order valence-electron chi connectivity index (χ4n) is 9.09. The molecule has 0 amide bonds. The van der Waals surface area contributed by atoms with Crippen LogP contribution in [0.2, 0.25) is 0 Å². The molecular formula is C56H32F3N5. The van der Waals surface area contributed by atoms with Crippen molar-refractivity contribution in [2.24, 2.45) is 0 Å². The number of aromatic nitrogens is 3. The number of para-hydroxylation sites is 2. The average Bonchev–Trinajstić information content (AvgIpc) is 3.85. The van der Waals surface area contributed by atoms with Crippen LogP contribution in [-0.4, -0.2) is 14.1 Å². The lowest BCUT2D eigenvalue weighted by atomic mass is 9.99. The first-order valence-corrected chi connectivity index (χ1v) is 20.6. The molecule has 11 aromatic rings. The summed E-state index contributed by atoms with van der Waals surface area (Å²) in [5.74, 6) is 0. The number of rotatable bonds is 6. The normalized spacial score (nSPS) is 11.6. The number of fused-ring (bicyclic) bond motifs is 6. The van der Waals surface area contributed by atoms with Gasteiger partial charge in [-0.1, -0.05) is 121 Å². The van der Waals surface area contributed by atoms with E-state index in [1.54, 1.807) is 12.1 Å². The summed E-state index contributed by atoms with van der Waals surface area (Å²) in [5.41, 5.74) is 9.29. The second-order valence-electron chi connectivity index (χ2n) is 15.7. The Labute approximate surface area is 365 Å². The summed E-state index contributed by atoms with van der Waals surface area (Å²) in [6.45, 7) is 0. The van der Waals surface area contributed by atoms with Crippen LogP contribution in [0.4, 0.5) is 13.2 Å². The summed E-state index contributed by atoms with van der Waals surface area (Å²) in [5, 5.41) is 23.0. The lowest BCUT2D eigenvalue weighted by Crippen LogP contribution is -2.11. The molecule has 0 saturated carbocycles. The van der Waals surface area contributed by atoms with Gasteiger partial charge < -0.3 is 9.13 Å². The molecule has 11 rings (SSSR count). The maximum Gasteiger partial charge on any atom is 0.416 e. The van der Waals surface area contributed by atoms with Crippen LogP contribution in [-0.2, 0) is 6.18 Å². The van der Waals surface area contributed by atoms with Gasteiger partial charge in [0.05, 0.1) is 73.7 Å². The van der Waals surface area contributed by atoms with Gasteiger partial charge in [0.1, 0.15) is 0 Å². The van der Waals surface area contributed by atoms with Crippen LogP contribution in [0.15, 0.2) is 194 Å². The Morgan fingerprint density at radius 1 is 0.391 bits per heavy atom. The van der Waals surface area contributed by atoms with E-state index in [-0.39, 0.29) is 0 Å². The number of nitriles is 2. The highest BCUT2D eigenvalue weighted by Gasteiger charge is 2.35. The number of halogens is 3. The number of alkyl halides is 3. The van der Waals surface area contributed by atoms with Crippen molar-refractivity contribution in [1.29, 1.82) is 10.5 Å². The standard InChI is InChI=1S/C56H32F3N5/c57-56(58,59)42-31-53(63-49-21-6-4-17-43(49)45-25-23-40(29-51(45)63)38-15-8-11-35(27-38)33-60)55(48-20-10-19-47(62-48)37-13-2-1-3-14-37)54(32-42)64-50-22-7-5-18-44(50)46-26-24-41(30-52(46)64)39-16-9-12-36(28-39)34-61/h1-32H. The minimum Gasteiger partial charge on any atom is -0.308 e. The first kappa shape index (κ1) is 38.2. The lowest BCUT2D eigenvalue weighted by Gasteiger charge is -2.22. The third-order valence-corrected chi connectivity index (χ3v) is 12.0. The maximum absolute atomic E-state index is 15.7. The highest BCUT2D eigenvalue weighted by Crippen LogP contribution is 2.46. The summed E-state index contributed by atoms with van der Waals surface area (Å²) >= 11 is 0. The van der Waals surface area contributed by atoms with Gasteiger partial charge in [-0.25, -0.2) is 4.98 Å². The van der Waals surface area contributed by atoms with E-state index >= 15 is 13.2 Å². The van der Waals surface area contributed by atoms with E-state index in [4.69, 9.17) is 4.98 Å². The van der Waals surface area contributed by atoms with Crippen LogP contribution in [0.3, 0.4) is 0 Å². The van der Waals surface area contributed by atoms with Gasteiger partial charge >= 0.3 is 6.18 Å². The van der Waals surface area contributed by atoms with Gasteiger partial charge in [-0.05, 0) is 95.1 Å². The van der Waals surface area contributed by atoms with E-state index in [0.29, 0.717) is 61.5 Å². The molecule has 0 fully saturated rings. The molecule has 0 aliphatic heterocycles. The molecule has 0 aliphatic rings. The van der Waals surface area contributed by atoms with Gasteiger partial charge in [0, 0.05) is 32.7 Å². The molecule has 302 valence electrons. The average molecular weight is 832 g/mol. The fourth-order valence-corrected chi connectivity index (χ4v) is 9.09. The third kappa shape index (κ3) is 6.36. The number of benzene rings is 8. The SMILES string of the molecule is N#Cc1cccc(-c2ccc3c4ccccc4n(-c4cc(C(F)(F)F)cc(-n5c6ccccc6c6ccc(-c7cccc(C#N)c7)cc65)c4-c4cccc(-c5ccccc5)n4)c3c2)c1. The topological polar surface area (TPSA) is 70.3 Å². The molecule has 64 heavy (non-hydrogen) atoms. The molecule has 0 unspecified atom stereocenters. The van der Waals surface area contributed by atoms with Crippen LogP contribution in [0.25, 0.3) is 99.8 Å². The predicted octanol–water partition coefficient (Wildman–Crippen LogP) is 14.7. The van der Waals surface area contributed by atoms with E-state index in [1.807, 2.05) is 179 Å². The Hall–Kier alpha value is -8.72. The molecule has 8 heteroatoms. The fraction of sp³-hybridized carbons (Fsp3) is 0.0179. The molecule has 0 spiro atoms. The van der Waals surface area contributed by atoms with E-state index in [0.717, 1.165) is 49.4 Å². The predicted molar refractivity (Wildman–Crippen MR) is 249 cm³/mol. The smallest absolute Gasteiger partial charge is 0.308 e. The zero-order valence-electron chi connectivity index (χ0n) is 33.8. The Morgan fingerprint density at radius 3 is 1.34 bits per heavy atom. The van der Waals surface area contributed by atoms with E-state index < -0.39 is 11.7 Å². The first-order chi connectivity index (χ1) is 31.3. The minimum absolute atomic E-state index is 0.292. The third-order valence-electron chi connectivity index (χ3n) is 12.0. The van der Waals surface area contributed by atoms with Gasteiger partial charge in [0.2, 0.25) is 0 Å². The van der Waals surface area contributed by atoms with Gasteiger partial charge in [-0.3, -0.25) is 0 Å². The monoisotopic (exact) mass is 831 g/mol. The zero-order valence-corrected chi connectivity index (χ0v) is 33.8. The molecular weight excluding hydrogens is 800 g/mol. The summed E-state index contributed by atoms with van der Waals surface area (Å²) < 4.78 is 51.1. The molecule has 0 N–H and O–H groups in total. The number of pyridine rings is 1. The maximum atomic E-state index is 15.7. The van der Waals surface area contributed by atoms with Crippen molar-refractivity contribution < 1.29 is 13.2 Å². The number of hydrogen-bond donors (Lipinski definition) is 0. The van der Waals surface area contributed by atoms with Gasteiger partial charge in [0.25, 0.3) is 0 Å². The van der Waals surface area contributed by atoms with Crippen molar-refractivity contribution in [3.63, 3.8) is 0 Å². The van der Waals surface area contributed by atoms with Crippen LogP contribution in [0, 0.1) is 22.7 Å². The first-order valence-electron chi connectivity index (χ1n) is 20.6. The number of hydrogen-bond acceptors (Lipinski definition) is 3. The molecule has 3 heterocycles. The van der Waals surface area contributed by atoms with Gasteiger partial charge in [0.15, 0.2) is 0 Å². The Morgan fingerprint density at radius 2 is 0.828 bits per heavy atom. The molecule has 5 nitrogen and oxygen atoms in total. The molecule has 0 bridgehead atoms. The summed E-state index contributed by atoms with van der Waals surface area (Å²) in [6.07, 6.45) is -4.75. The van der Waals surface area contributed by atoms with Crippen molar-refractivity contribution in [3.8, 4) is 68.3 Å². The number of nitrogens with zero attached hydrogens (tertiary/aromatic N) is 5. The highest BCUT2D eigenvalue weighted by molar-refractivity contribution is 6.13. The van der Waals surface area contributed by atoms with Gasteiger partial charge in [-0.15, -0.1) is 0 Å². The summed E-state index contributed by atoms with van der Waals surface area (Å²) in [7, 11) is 0. The Bertz CT molecular complexity index is 3560. The summed E-state index contributed by atoms with van der Waals surface area (Å²) in [6, 6.07) is 64.4. The van der Waals surface area contributed by atoms with Crippen LogP contribution in [0.5, 0.6) is 0 Å². The van der Waals surface area contributed by atoms with Crippen molar-refractivity contribution in [1.82, 2.24) is 14.1 Å². The quantitative estimate of drug-likeness (QED) is 0.168. The van der Waals surface area contributed by atoms with E-state index in [9.17, 15) is 10.5 Å². The van der Waals surface area contributed by atoms with E-state index in [1.165, 1.54) is 12.1 Å². The van der Waals surface area contributed by atoms with Crippen molar-refractivity contribution in [2.75, 3.05) is 0 Å². The largest absolute Gasteiger partial charge is 0.416 e. The molecule has 0 saturated heterocycles. The minimum atomic E-state index is -4.75. The Balaban J connectivity index is 1.31. The Kier molecular flexibility index (Phi) is 8.97. The second-order valence-corrected chi connectivity index (χ2v) is 15.7. The molecule has 0 atom stereocenters. The highest BCUT2D eigenvalue weighted by atomic mass is 19.4. The van der Waals surface area contributed by atoms with Gasteiger partial charge in [-0.2, -0.15) is 23.7 Å². The van der Waals surface area contributed by atoms with E-state index in [2.05, 4.69) is 12.1 Å². The second kappa shape index (κ2) is 15.0. The molecule has 0 aliphatic carbocycles. The van der Waals surface area contributed by atoms with Crippen molar-refractivity contribution in [3.05, 3.63) is 211 Å². The van der Waals surface area contributed by atoms with Crippen LogP contribution >= 0.6 is 0 Å².